The van der Waals surface area contributed by atoms with Crippen LogP contribution in [0.4, 0.5) is 5.13 Å². The van der Waals surface area contributed by atoms with Crippen LogP contribution in [-0.4, -0.2) is 30.2 Å². The summed E-state index contributed by atoms with van der Waals surface area (Å²) in [5.74, 6) is 1.07. The number of nitrogens with one attached hydrogen (secondary N) is 2. The Kier molecular flexibility index (Phi) is 5.29. The molecule has 0 aliphatic heterocycles. The Morgan fingerprint density at radius 1 is 1.27 bits per heavy atom. The van der Waals surface area contributed by atoms with Crippen LogP contribution in [0.3, 0.4) is 0 Å². The molecule has 6 nitrogen and oxygen atoms in total. The van der Waals surface area contributed by atoms with E-state index >= 15 is 0 Å². The van der Waals surface area contributed by atoms with Crippen molar-refractivity contribution < 1.29 is 14.3 Å². The average molecular weight is 337 g/mol. The molecule has 0 unspecified atom stereocenters. The Bertz CT molecular complexity index is 700. The number of rotatable bonds is 4. The molecule has 0 aliphatic carbocycles. The summed E-state index contributed by atoms with van der Waals surface area (Å²) in [5.41, 5.74) is 1.67. The van der Waals surface area contributed by atoms with Crippen molar-refractivity contribution >= 4 is 39.7 Å². The van der Waals surface area contributed by atoms with Crippen LogP contribution >= 0.6 is 23.6 Å². The number of thiocarbonyl (C=S) groups is 1. The van der Waals surface area contributed by atoms with E-state index in [1.807, 2.05) is 23.6 Å². The summed E-state index contributed by atoms with van der Waals surface area (Å²) in [6.45, 7) is 1.39. The minimum atomic E-state index is -0.228. The van der Waals surface area contributed by atoms with Crippen molar-refractivity contribution in [3.63, 3.8) is 0 Å². The molecule has 8 heteroatoms. The third-order valence-electron chi connectivity index (χ3n) is 2.69. The van der Waals surface area contributed by atoms with Gasteiger partial charge in [-0.05, 0) is 30.4 Å². The molecule has 1 amide bonds. The molecule has 0 saturated carbocycles. The number of ether oxygens (including phenoxy) is 2. The fraction of sp³-hybridized carbons (Fsp3) is 0.214. The van der Waals surface area contributed by atoms with Crippen LogP contribution in [0.15, 0.2) is 23.6 Å². The van der Waals surface area contributed by atoms with Crippen molar-refractivity contribution in [3.8, 4) is 22.8 Å². The second kappa shape index (κ2) is 7.19. The molecule has 22 heavy (non-hydrogen) atoms. The summed E-state index contributed by atoms with van der Waals surface area (Å²) >= 11 is 6.39. The highest BCUT2D eigenvalue weighted by molar-refractivity contribution is 7.80. The lowest BCUT2D eigenvalue weighted by Gasteiger charge is -2.08. The highest BCUT2D eigenvalue weighted by Crippen LogP contribution is 2.33. The molecule has 0 aliphatic rings. The fourth-order valence-corrected chi connectivity index (χ4v) is 2.78. The number of methoxy groups -OCH3 is 2. The molecule has 0 fully saturated rings. The van der Waals surface area contributed by atoms with Crippen molar-refractivity contribution in [2.75, 3.05) is 19.5 Å². The molecule has 0 atom stereocenters. The monoisotopic (exact) mass is 337 g/mol. The minimum absolute atomic E-state index is 0.223. The first-order valence-electron chi connectivity index (χ1n) is 6.30. The Hall–Kier alpha value is -2.19. The SMILES string of the molecule is COc1ccc(-c2csc(NC(=S)NC(C)=O)n2)cc1OC. The number of amides is 1. The number of hydrogen-bond acceptors (Lipinski definition) is 6. The Labute approximate surface area is 137 Å². The van der Waals surface area contributed by atoms with E-state index < -0.39 is 0 Å². The number of aromatic nitrogens is 1. The zero-order valence-corrected chi connectivity index (χ0v) is 13.9. The summed E-state index contributed by atoms with van der Waals surface area (Å²) in [4.78, 5) is 15.4. The lowest BCUT2D eigenvalue weighted by molar-refractivity contribution is -0.117. The standard InChI is InChI=1S/C14H15N3O3S2/c1-8(18)15-13(21)17-14-16-10(7-22-14)9-4-5-11(19-2)12(6-9)20-3/h4-7H,1-3H3,(H2,15,16,17,18,21). The molecule has 1 heterocycles. The maximum absolute atomic E-state index is 10.9. The predicted molar refractivity (Wildman–Crippen MR) is 90.7 cm³/mol. The second-order valence-electron chi connectivity index (χ2n) is 4.24. The second-order valence-corrected chi connectivity index (χ2v) is 5.51. The lowest BCUT2D eigenvalue weighted by Crippen LogP contribution is -2.32. The fourth-order valence-electron chi connectivity index (χ4n) is 1.75. The maximum Gasteiger partial charge on any atom is 0.222 e. The summed E-state index contributed by atoms with van der Waals surface area (Å²) in [6, 6.07) is 5.57. The zero-order valence-electron chi connectivity index (χ0n) is 12.3. The third kappa shape index (κ3) is 3.92. The smallest absolute Gasteiger partial charge is 0.222 e. The highest BCUT2D eigenvalue weighted by Gasteiger charge is 2.10. The quantitative estimate of drug-likeness (QED) is 0.836. The lowest BCUT2D eigenvalue weighted by atomic mass is 10.1. The molecule has 116 valence electrons. The number of hydrogen-bond donors (Lipinski definition) is 2. The molecule has 0 bridgehead atoms. The van der Waals surface area contributed by atoms with Gasteiger partial charge in [0.25, 0.3) is 0 Å². The van der Waals surface area contributed by atoms with Gasteiger partial charge in [-0.1, -0.05) is 0 Å². The molecule has 1 aromatic heterocycles. The van der Waals surface area contributed by atoms with Crippen LogP contribution in [0.5, 0.6) is 11.5 Å². The van der Waals surface area contributed by atoms with Crippen LogP contribution in [-0.2, 0) is 4.79 Å². The molecule has 2 rings (SSSR count). The molecule has 0 saturated heterocycles. The van der Waals surface area contributed by atoms with Crippen LogP contribution in [0.1, 0.15) is 6.92 Å². The molecule has 1 aromatic carbocycles. The minimum Gasteiger partial charge on any atom is -0.493 e. The van der Waals surface area contributed by atoms with Gasteiger partial charge in [0.2, 0.25) is 5.91 Å². The summed E-state index contributed by atoms with van der Waals surface area (Å²) in [7, 11) is 3.17. The summed E-state index contributed by atoms with van der Waals surface area (Å²) in [6.07, 6.45) is 0. The van der Waals surface area contributed by atoms with E-state index in [4.69, 9.17) is 21.7 Å². The number of anilines is 1. The number of benzene rings is 1. The van der Waals surface area contributed by atoms with Gasteiger partial charge in [-0.2, -0.15) is 0 Å². The van der Waals surface area contributed by atoms with Crippen LogP contribution in [0, 0.1) is 0 Å². The predicted octanol–water partition coefficient (Wildman–Crippen LogP) is 2.66. The normalized spacial score (nSPS) is 9.95. The van der Waals surface area contributed by atoms with Crippen molar-refractivity contribution in [1.29, 1.82) is 0 Å². The van der Waals surface area contributed by atoms with E-state index in [1.54, 1.807) is 14.2 Å². The molecule has 2 N–H and O–H groups in total. The van der Waals surface area contributed by atoms with E-state index in [2.05, 4.69) is 15.6 Å². The van der Waals surface area contributed by atoms with Crippen molar-refractivity contribution in [3.05, 3.63) is 23.6 Å². The first-order valence-corrected chi connectivity index (χ1v) is 7.58. The first-order chi connectivity index (χ1) is 10.5. The van der Waals surface area contributed by atoms with Gasteiger partial charge < -0.3 is 20.1 Å². The van der Waals surface area contributed by atoms with Crippen molar-refractivity contribution in [1.82, 2.24) is 10.3 Å². The summed E-state index contributed by atoms with van der Waals surface area (Å²) < 4.78 is 10.5. The molecule has 0 radical (unpaired) electrons. The molecular formula is C14H15N3O3S2. The van der Waals surface area contributed by atoms with E-state index in [-0.39, 0.29) is 11.0 Å². The Balaban J connectivity index is 2.17. The van der Waals surface area contributed by atoms with Gasteiger partial charge >= 0.3 is 0 Å². The maximum atomic E-state index is 10.9. The molecular weight excluding hydrogens is 322 g/mol. The van der Waals surface area contributed by atoms with E-state index in [0.717, 1.165) is 11.3 Å². The van der Waals surface area contributed by atoms with E-state index in [1.165, 1.54) is 18.3 Å². The number of carbonyl (C=O) groups is 1. The van der Waals surface area contributed by atoms with Gasteiger partial charge in [0.05, 0.1) is 19.9 Å². The summed E-state index contributed by atoms with van der Waals surface area (Å²) in [5, 5.41) is 8.06. The van der Waals surface area contributed by atoms with E-state index in [0.29, 0.717) is 16.6 Å². The van der Waals surface area contributed by atoms with Gasteiger partial charge in [-0.3, -0.25) is 4.79 Å². The Morgan fingerprint density at radius 2 is 2.00 bits per heavy atom. The van der Waals surface area contributed by atoms with E-state index in [9.17, 15) is 4.79 Å². The topological polar surface area (TPSA) is 72.5 Å². The van der Waals surface area contributed by atoms with Gasteiger partial charge in [0, 0.05) is 17.9 Å². The third-order valence-corrected chi connectivity index (χ3v) is 3.66. The first kappa shape index (κ1) is 16.2. The molecule has 2 aromatic rings. The average Bonchev–Trinajstić information content (AvgIpc) is 2.93. The van der Waals surface area contributed by atoms with Gasteiger partial charge in [0.1, 0.15) is 0 Å². The van der Waals surface area contributed by atoms with Crippen molar-refractivity contribution in [2.45, 2.75) is 6.92 Å². The van der Waals surface area contributed by atoms with Gasteiger partial charge in [0.15, 0.2) is 21.7 Å². The van der Waals surface area contributed by atoms with Crippen LogP contribution < -0.4 is 20.1 Å². The number of thiazole rings is 1. The number of nitrogens with zero attached hydrogens (tertiary/aromatic N) is 1. The molecule has 0 spiro atoms. The zero-order chi connectivity index (χ0) is 16.1. The largest absolute Gasteiger partial charge is 0.493 e. The van der Waals surface area contributed by atoms with Crippen molar-refractivity contribution in [2.24, 2.45) is 0 Å². The van der Waals surface area contributed by atoms with Gasteiger partial charge in [-0.25, -0.2) is 4.98 Å². The number of carbonyl (C=O) groups excluding carboxylic acids is 1. The highest BCUT2D eigenvalue weighted by atomic mass is 32.1. The Morgan fingerprint density at radius 3 is 2.64 bits per heavy atom. The van der Waals surface area contributed by atoms with Crippen LogP contribution in [0.25, 0.3) is 11.3 Å². The van der Waals surface area contributed by atoms with Crippen LogP contribution in [0.2, 0.25) is 0 Å². The van der Waals surface area contributed by atoms with Gasteiger partial charge in [-0.15, -0.1) is 11.3 Å².